The van der Waals surface area contributed by atoms with E-state index >= 15 is 0 Å². The number of ether oxygens (including phenoxy) is 1. The third kappa shape index (κ3) is 4.36. The van der Waals surface area contributed by atoms with Crippen molar-refractivity contribution >= 4 is 16.8 Å². The van der Waals surface area contributed by atoms with Gasteiger partial charge in [0.25, 0.3) is 0 Å². The van der Waals surface area contributed by atoms with Crippen molar-refractivity contribution in [3.05, 3.63) is 36.0 Å². The molecule has 108 valence electrons. The molecule has 5 heteroatoms. The molecule has 0 spiro atoms. The van der Waals surface area contributed by atoms with E-state index in [0.717, 1.165) is 12.1 Å². The maximum atomic E-state index is 11.5. The van der Waals surface area contributed by atoms with Crippen molar-refractivity contribution in [2.24, 2.45) is 0 Å². The lowest BCUT2D eigenvalue weighted by Crippen LogP contribution is -2.29. The van der Waals surface area contributed by atoms with Crippen LogP contribution in [0.1, 0.15) is 12.0 Å². The fourth-order valence-electron chi connectivity index (χ4n) is 2.02. The Hall–Kier alpha value is -1.85. The summed E-state index contributed by atoms with van der Waals surface area (Å²) >= 11 is 0. The summed E-state index contributed by atoms with van der Waals surface area (Å²) in [5.74, 6) is 0.0503. The van der Waals surface area contributed by atoms with Crippen molar-refractivity contribution in [3.8, 4) is 0 Å². The fraction of sp³-hybridized carbons (Fsp3) is 0.400. The van der Waals surface area contributed by atoms with Crippen LogP contribution in [-0.4, -0.2) is 37.7 Å². The molecule has 0 atom stereocenters. The van der Waals surface area contributed by atoms with Gasteiger partial charge in [-0.1, -0.05) is 12.1 Å². The summed E-state index contributed by atoms with van der Waals surface area (Å²) in [5.41, 5.74) is 2.35. The standard InChI is InChI=1S/C15H21N3O2/c1-20-9-8-18-15(19)5-6-16-11-12-2-3-13-4-7-17-14(13)10-12/h2-4,7,10,16-17H,5-6,8-9,11H2,1H3,(H,18,19). The predicted octanol–water partition coefficient (Wildman–Crippen LogP) is 1.41. The average Bonchev–Trinajstić information content (AvgIpc) is 2.91. The van der Waals surface area contributed by atoms with Crippen LogP contribution >= 0.6 is 0 Å². The molecule has 0 unspecified atom stereocenters. The molecule has 1 aromatic carbocycles. The number of carbonyl (C=O) groups is 1. The zero-order valence-corrected chi connectivity index (χ0v) is 11.7. The molecule has 20 heavy (non-hydrogen) atoms. The van der Waals surface area contributed by atoms with Gasteiger partial charge in [0.15, 0.2) is 0 Å². The van der Waals surface area contributed by atoms with Crippen LogP contribution in [0, 0.1) is 0 Å². The molecule has 0 saturated carbocycles. The minimum Gasteiger partial charge on any atom is -0.383 e. The lowest BCUT2D eigenvalue weighted by Gasteiger charge is -2.06. The third-order valence-electron chi connectivity index (χ3n) is 3.11. The SMILES string of the molecule is COCCNC(=O)CCNCc1ccc2cc[nH]c2c1. The molecule has 1 heterocycles. The van der Waals surface area contributed by atoms with Gasteiger partial charge in [0.05, 0.1) is 6.61 Å². The van der Waals surface area contributed by atoms with Gasteiger partial charge in [0, 0.05) is 44.9 Å². The second-order valence-electron chi connectivity index (χ2n) is 4.67. The molecule has 0 saturated heterocycles. The summed E-state index contributed by atoms with van der Waals surface area (Å²) in [4.78, 5) is 14.7. The number of fused-ring (bicyclic) bond motifs is 1. The summed E-state index contributed by atoms with van der Waals surface area (Å²) < 4.78 is 4.87. The Kier molecular flexibility index (Phi) is 5.58. The Labute approximate surface area is 118 Å². The smallest absolute Gasteiger partial charge is 0.221 e. The fourth-order valence-corrected chi connectivity index (χ4v) is 2.02. The molecule has 0 aliphatic carbocycles. The predicted molar refractivity (Wildman–Crippen MR) is 79.5 cm³/mol. The zero-order chi connectivity index (χ0) is 14.2. The van der Waals surface area contributed by atoms with E-state index in [1.807, 2.05) is 6.20 Å². The Balaban J connectivity index is 1.66. The van der Waals surface area contributed by atoms with E-state index in [-0.39, 0.29) is 5.91 Å². The quantitative estimate of drug-likeness (QED) is 0.638. The molecule has 2 rings (SSSR count). The Morgan fingerprint density at radius 1 is 1.30 bits per heavy atom. The summed E-state index contributed by atoms with van der Waals surface area (Å²) in [6, 6.07) is 8.38. The lowest BCUT2D eigenvalue weighted by molar-refractivity contribution is -0.121. The molecule has 5 nitrogen and oxygen atoms in total. The van der Waals surface area contributed by atoms with E-state index in [2.05, 4.69) is 39.9 Å². The number of rotatable bonds is 8. The van der Waals surface area contributed by atoms with E-state index in [1.165, 1.54) is 10.9 Å². The first kappa shape index (κ1) is 14.6. The number of amides is 1. The van der Waals surface area contributed by atoms with Gasteiger partial charge in [0.1, 0.15) is 0 Å². The maximum absolute atomic E-state index is 11.5. The molecule has 0 aliphatic heterocycles. The maximum Gasteiger partial charge on any atom is 0.221 e. The van der Waals surface area contributed by atoms with Gasteiger partial charge < -0.3 is 20.4 Å². The minimum atomic E-state index is 0.0503. The van der Waals surface area contributed by atoms with Crippen molar-refractivity contribution in [3.63, 3.8) is 0 Å². The molecular formula is C15H21N3O2. The van der Waals surface area contributed by atoms with E-state index in [1.54, 1.807) is 7.11 Å². The zero-order valence-electron chi connectivity index (χ0n) is 11.7. The first-order valence-corrected chi connectivity index (χ1v) is 6.82. The van der Waals surface area contributed by atoms with Crippen LogP contribution in [0.5, 0.6) is 0 Å². The van der Waals surface area contributed by atoms with Crippen LogP contribution in [0.15, 0.2) is 30.5 Å². The van der Waals surface area contributed by atoms with Crippen LogP contribution in [-0.2, 0) is 16.1 Å². The van der Waals surface area contributed by atoms with Crippen LogP contribution in [0.25, 0.3) is 10.9 Å². The van der Waals surface area contributed by atoms with Gasteiger partial charge in [-0.15, -0.1) is 0 Å². The summed E-state index contributed by atoms with van der Waals surface area (Å²) in [6.45, 7) is 2.55. The molecule has 3 N–H and O–H groups in total. The minimum absolute atomic E-state index is 0.0503. The highest BCUT2D eigenvalue weighted by Crippen LogP contribution is 2.13. The highest BCUT2D eigenvalue weighted by Gasteiger charge is 2.01. The average molecular weight is 275 g/mol. The number of hydrogen-bond acceptors (Lipinski definition) is 3. The van der Waals surface area contributed by atoms with E-state index in [4.69, 9.17) is 4.74 Å². The van der Waals surface area contributed by atoms with Crippen molar-refractivity contribution in [2.45, 2.75) is 13.0 Å². The van der Waals surface area contributed by atoms with Crippen molar-refractivity contribution in [1.82, 2.24) is 15.6 Å². The number of aromatic nitrogens is 1. The number of carbonyl (C=O) groups excluding carboxylic acids is 1. The van der Waals surface area contributed by atoms with Crippen LogP contribution in [0.4, 0.5) is 0 Å². The third-order valence-corrected chi connectivity index (χ3v) is 3.11. The highest BCUT2D eigenvalue weighted by atomic mass is 16.5. The number of nitrogens with one attached hydrogen (secondary N) is 3. The largest absolute Gasteiger partial charge is 0.383 e. The van der Waals surface area contributed by atoms with Crippen molar-refractivity contribution in [2.75, 3.05) is 26.8 Å². The monoisotopic (exact) mass is 275 g/mol. The summed E-state index contributed by atoms with van der Waals surface area (Å²) in [7, 11) is 1.62. The second-order valence-corrected chi connectivity index (χ2v) is 4.67. The Morgan fingerprint density at radius 2 is 2.20 bits per heavy atom. The lowest BCUT2D eigenvalue weighted by atomic mass is 10.1. The molecular weight excluding hydrogens is 254 g/mol. The first-order chi connectivity index (χ1) is 9.79. The normalized spacial score (nSPS) is 10.8. The molecule has 1 aromatic heterocycles. The molecule has 0 fully saturated rings. The van der Waals surface area contributed by atoms with Crippen LogP contribution in [0.3, 0.4) is 0 Å². The number of benzene rings is 1. The van der Waals surface area contributed by atoms with Crippen molar-refractivity contribution < 1.29 is 9.53 Å². The number of methoxy groups -OCH3 is 1. The number of aromatic amines is 1. The van der Waals surface area contributed by atoms with E-state index < -0.39 is 0 Å². The van der Waals surface area contributed by atoms with E-state index in [9.17, 15) is 4.79 Å². The van der Waals surface area contributed by atoms with Gasteiger partial charge in [-0.2, -0.15) is 0 Å². The summed E-state index contributed by atoms with van der Waals surface area (Å²) in [5, 5.41) is 7.28. The van der Waals surface area contributed by atoms with Crippen LogP contribution < -0.4 is 10.6 Å². The van der Waals surface area contributed by atoms with Gasteiger partial charge in [-0.05, 0) is 23.1 Å². The number of H-pyrrole nitrogens is 1. The number of hydrogen-bond donors (Lipinski definition) is 3. The highest BCUT2D eigenvalue weighted by molar-refractivity contribution is 5.79. The molecule has 2 aromatic rings. The van der Waals surface area contributed by atoms with E-state index in [0.29, 0.717) is 26.1 Å². The van der Waals surface area contributed by atoms with Gasteiger partial charge in [0.2, 0.25) is 5.91 Å². The summed E-state index contributed by atoms with van der Waals surface area (Å²) in [6.07, 6.45) is 2.42. The Morgan fingerprint density at radius 3 is 3.05 bits per heavy atom. The van der Waals surface area contributed by atoms with Gasteiger partial charge in [-0.3, -0.25) is 4.79 Å². The molecule has 0 aliphatic rings. The van der Waals surface area contributed by atoms with Crippen molar-refractivity contribution in [1.29, 1.82) is 0 Å². The second kappa shape index (κ2) is 7.67. The van der Waals surface area contributed by atoms with Gasteiger partial charge in [-0.25, -0.2) is 0 Å². The molecule has 0 radical (unpaired) electrons. The Bertz CT molecular complexity index is 551. The molecule has 0 bridgehead atoms. The van der Waals surface area contributed by atoms with Crippen LogP contribution in [0.2, 0.25) is 0 Å². The molecule has 1 amide bonds. The van der Waals surface area contributed by atoms with Gasteiger partial charge >= 0.3 is 0 Å². The first-order valence-electron chi connectivity index (χ1n) is 6.82. The topological polar surface area (TPSA) is 66.2 Å².